The van der Waals surface area contributed by atoms with Crippen molar-refractivity contribution in [3.05, 3.63) is 57.3 Å². The van der Waals surface area contributed by atoms with Crippen molar-refractivity contribution in [3.8, 4) is 5.75 Å². The summed E-state index contributed by atoms with van der Waals surface area (Å²) in [5, 5.41) is 0.592. The molecule has 0 atom stereocenters. The molecule has 0 unspecified atom stereocenters. The van der Waals surface area contributed by atoms with Crippen LogP contribution in [0.25, 0.3) is 10.2 Å². The molecule has 0 spiro atoms. The molecule has 23 heavy (non-hydrogen) atoms. The third-order valence-electron chi connectivity index (χ3n) is 3.62. The summed E-state index contributed by atoms with van der Waals surface area (Å²) in [7, 11) is 3.52. The number of benzene rings is 2. The van der Waals surface area contributed by atoms with Gasteiger partial charge in [0.05, 0.1) is 11.8 Å². The Balaban J connectivity index is 2.16. The van der Waals surface area contributed by atoms with Gasteiger partial charge < -0.3 is 9.30 Å². The van der Waals surface area contributed by atoms with Crippen molar-refractivity contribution in [1.29, 1.82) is 0 Å². The van der Waals surface area contributed by atoms with E-state index >= 15 is 0 Å². The molecule has 0 bridgehead atoms. The van der Waals surface area contributed by atoms with Crippen LogP contribution < -0.4 is 9.54 Å². The van der Waals surface area contributed by atoms with Gasteiger partial charge in [0.25, 0.3) is 5.91 Å². The van der Waals surface area contributed by atoms with Crippen LogP contribution in [0.3, 0.4) is 0 Å². The number of aryl methyl sites for hydroxylation is 2. The van der Waals surface area contributed by atoms with E-state index in [2.05, 4.69) is 4.99 Å². The molecule has 6 heteroatoms. The van der Waals surface area contributed by atoms with Gasteiger partial charge in [-0.3, -0.25) is 4.79 Å². The first-order chi connectivity index (χ1) is 11.0. The zero-order valence-corrected chi connectivity index (χ0v) is 14.5. The van der Waals surface area contributed by atoms with E-state index in [1.807, 2.05) is 30.7 Å². The highest BCUT2D eigenvalue weighted by molar-refractivity contribution is 7.16. The SMILES string of the molecule is COc1ccc(C)c2sc(=NC(=O)c3ccc(Cl)cc3)n(C)c12. The zero-order valence-electron chi connectivity index (χ0n) is 13.0. The fourth-order valence-electron chi connectivity index (χ4n) is 2.36. The molecule has 2 aromatic carbocycles. The lowest BCUT2D eigenvalue weighted by Crippen LogP contribution is -2.13. The van der Waals surface area contributed by atoms with Crippen molar-refractivity contribution in [2.24, 2.45) is 12.0 Å². The second kappa shape index (κ2) is 6.18. The van der Waals surface area contributed by atoms with E-state index in [0.29, 0.717) is 15.4 Å². The van der Waals surface area contributed by atoms with Crippen molar-refractivity contribution in [1.82, 2.24) is 4.57 Å². The first-order valence-electron chi connectivity index (χ1n) is 6.99. The Labute approximate surface area is 142 Å². The van der Waals surface area contributed by atoms with Crippen molar-refractivity contribution in [2.45, 2.75) is 6.92 Å². The number of carbonyl (C=O) groups is 1. The average molecular weight is 347 g/mol. The van der Waals surface area contributed by atoms with Gasteiger partial charge in [-0.1, -0.05) is 29.0 Å². The fourth-order valence-corrected chi connectivity index (χ4v) is 3.59. The number of carbonyl (C=O) groups excluding carboxylic acids is 1. The number of ether oxygens (including phenoxy) is 1. The molecule has 0 saturated heterocycles. The van der Waals surface area contributed by atoms with Crippen LogP contribution in [0.4, 0.5) is 0 Å². The topological polar surface area (TPSA) is 43.6 Å². The standard InChI is InChI=1S/C17H15ClN2O2S/c1-10-4-9-13(22-3)14-15(10)23-17(20(14)2)19-16(21)11-5-7-12(18)8-6-11/h4-9H,1-3H3. The Morgan fingerprint density at radius 3 is 2.57 bits per heavy atom. The van der Waals surface area contributed by atoms with Crippen LogP contribution in [0.2, 0.25) is 5.02 Å². The van der Waals surface area contributed by atoms with E-state index in [4.69, 9.17) is 16.3 Å². The van der Waals surface area contributed by atoms with Gasteiger partial charge in [-0.05, 0) is 42.8 Å². The lowest BCUT2D eigenvalue weighted by atomic mass is 10.2. The van der Waals surface area contributed by atoms with Gasteiger partial charge in [0.2, 0.25) is 0 Å². The van der Waals surface area contributed by atoms with Gasteiger partial charge in [0.1, 0.15) is 11.3 Å². The maximum atomic E-state index is 12.3. The Bertz CT molecular complexity index is 955. The minimum absolute atomic E-state index is 0.291. The number of hydrogen-bond acceptors (Lipinski definition) is 3. The highest BCUT2D eigenvalue weighted by Crippen LogP contribution is 2.29. The van der Waals surface area contributed by atoms with Crippen LogP contribution in [-0.4, -0.2) is 17.6 Å². The summed E-state index contributed by atoms with van der Waals surface area (Å²) in [6.07, 6.45) is 0. The van der Waals surface area contributed by atoms with Crippen molar-refractivity contribution >= 4 is 39.1 Å². The number of thiazole rings is 1. The molecule has 3 aromatic rings. The average Bonchev–Trinajstić information content (AvgIpc) is 2.87. The normalized spacial score (nSPS) is 11.9. The van der Waals surface area contributed by atoms with E-state index in [9.17, 15) is 4.79 Å². The van der Waals surface area contributed by atoms with Gasteiger partial charge >= 0.3 is 0 Å². The number of halogens is 1. The van der Waals surface area contributed by atoms with E-state index in [0.717, 1.165) is 21.5 Å². The number of amides is 1. The molecule has 4 nitrogen and oxygen atoms in total. The highest BCUT2D eigenvalue weighted by Gasteiger charge is 2.12. The first kappa shape index (κ1) is 15.8. The summed E-state index contributed by atoms with van der Waals surface area (Å²) in [4.78, 5) is 17.2. The monoisotopic (exact) mass is 346 g/mol. The third kappa shape index (κ3) is 2.90. The smallest absolute Gasteiger partial charge is 0.279 e. The molecule has 0 aliphatic carbocycles. The Kier molecular flexibility index (Phi) is 4.24. The maximum Gasteiger partial charge on any atom is 0.279 e. The molecular weight excluding hydrogens is 332 g/mol. The van der Waals surface area contributed by atoms with Crippen molar-refractivity contribution in [2.75, 3.05) is 7.11 Å². The molecule has 0 radical (unpaired) electrons. The Morgan fingerprint density at radius 2 is 1.91 bits per heavy atom. The number of methoxy groups -OCH3 is 1. The van der Waals surface area contributed by atoms with Gasteiger partial charge in [-0.25, -0.2) is 0 Å². The van der Waals surface area contributed by atoms with Crippen LogP contribution in [0, 0.1) is 6.92 Å². The van der Waals surface area contributed by atoms with E-state index in [1.54, 1.807) is 31.4 Å². The lowest BCUT2D eigenvalue weighted by molar-refractivity contribution is 0.0998. The second-order valence-corrected chi connectivity index (χ2v) is 6.54. The number of rotatable bonds is 2. The minimum Gasteiger partial charge on any atom is -0.495 e. The molecular formula is C17H15ClN2O2S. The molecule has 0 N–H and O–H groups in total. The van der Waals surface area contributed by atoms with Crippen LogP contribution in [0.15, 0.2) is 41.4 Å². The van der Waals surface area contributed by atoms with Gasteiger partial charge in [-0.15, -0.1) is 0 Å². The minimum atomic E-state index is -0.291. The number of nitrogens with zero attached hydrogens (tertiary/aromatic N) is 2. The summed E-state index contributed by atoms with van der Waals surface area (Å²) in [6, 6.07) is 10.6. The van der Waals surface area contributed by atoms with Crippen LogP contribution in [0.5, 0.6) is 5.75 Å². The van der Waals surface area contributed by atoms with Crippen LogP contribution >= 0.6 is 22.9 Å². The molecule has 0 aliphatic rings. The van der Waals surface area contributed by atoms with Gasteiger partial charge in [0, 0.05) is 17.6 Å². The summed E-state index contributed by atoms with van der Waals surface area (Å²) in [5.41, 5.74) is 2.58. The zero-order chi connectivity index (χ0) is 16.6. The molecule has 1 aromatic heterocycles. The molecule has 1 heterocycles. The van der Waals surface area contributed by atoms with Gasteiger partial charge in [-0.2, -0.15) is 4.99 Å². The molecule has 1 amide bonds. The molecule has 118 valence electrons. The molecule has 0 saturated carbocycles. The lowest BCUT2D eigenvalue weighted by Gasteiger charge is -2.05. The molecule has 3 rings (SSSR count). The maximum absolute atomic E-state index is 12.3. The van der Waals surface area contributed by atoms with E-state index in [-0.39, 0.29) is 5.91 Å². The molecule has 0 aliphatic heterocycles. The first-order valence-corrected chi connectivity index (χ1v) is 8.18. The largest absolute Gasteiger partial charge is 0.495 e. The predicted octanol–water partition coefficient (Wildman–Crippen LogP) is 3.95. The number of fused-ring (bicyclic) bond motifs is 1. The highest BCUT2D eigenvalue weighted by atomic mass is 35.5. The number of aromatic nitrogens is 1. The van der Waals surface area contributed by atoms with E-state index < -0.39 is 0 Å². The summed E-state index contributed by atoms with van der Waals surface area (Å²) in [6.45, 7) is 2.03. The number of hydrogen-bond donors (Lipinski definition) is 0. The van der Waals surface area contributed by atoms with Crippen LogP contribution in [-0.2, 0) is 7.05 Å². The van der Waals surface area contributed by atoms with E-state index in [1.165, 1.54) is 11.3 Å². The second-order valence-electron chi connectivity index (χ2n) is 5.13. The van der Waals surface area contributed by atoms with Crippen molar-refractivity contribution in [3.63, 3.8) is 0 Å². The summed E-state index contributed by atoms with van der Waals surface area (Å²) >= 11 is 7.32. The summed E-state index contributed by atoms with van der Waals surface area (Å²) in [5.74, 6) is 0.477. The quantitative estimate of drug-likeness (QED) is 0.705. The predicted molar refractivity (Wildman–Crippen MR) is 93.4 cm³/mol. The third-order valence-corrected chi connectivity index (χ3v) is 5.13. The fraction of sp³-hybridized carbons (Fsp3) is 0.176. The van der Waals surface area contributed by atoms with Gasteiger partial charge in [0.15, 0.2) is 4.80 Å². The Hall–Kier alpha value is -2.11. The van der Waals surface area contributed by atoms with Crippen LogP contribution in [0.1, 0.15) is 15.9 Å². The molecule has 0 fully saturated rings. The summed E-state index contributed by atoms with van der Waals surface area (Å²) < 4.78 is 8.38. The Morgan fingerprint density at radius 1 is 1.22 bits per heavy atom. The van der Waals surface area contributed by atoms with Crippen molar-refractivity contribution < 1.29 is 9.53 Å².